The van der Waals surface area contributed by atoms with E-state index in [1.54, 1.807) is 11.0 Å². The molecule has 1 saturated carbocycles. The Labute approximate surface area is 174 Å². The van der Waals surface area contributed by atoms with Crippen molar-refractivity contribution in [1.82, 2.24) is 20.4 Å². The standard InChI is InChI=1S/C23H21N5O2/c24-14-28-13-20(16-10-11-21(16)28)25-23(29)19-12-18(26-27-19)17-8-4-5-9-22(17)30-15-6-2-1-3-7-15/h1-9,12,16,20-21H,10-11,13H2,(H,25,29)(H,26,27)/t16-,20-,21-/m0/s1. The van der Waals surface area contributed by atoms with Gasteiger partial charge in [0.15, 0.2) is 11.9 Å². The summed E-state index contributed by atoms with van der Waals surface area (Å²) < 4.78 is 6.01. The van der Waals surface area contributed by atoms with Gasteiger partial charge in [0.1, 0.15) is 11.5 Å². The summed E-state index contributed by atoms with van der Waals surface area (Å²) in [5.74, 6) is 1.54. The van der Waals surface area contributed by atoms with Crippen LogP contribution in [0, 0.1) is 17.4 Å². The number of H-pyrrole nitrogens is 1. The van der Waals surface area contributed by atoms with E-state index in [-0.39, 0.29) is 18.0 Å². The number of nitrogens with one attached hydrogen (secondary N) is 2. The number of amides is 1. The lowest BCUT2D eigenvalue weighted by Crippen LogP contribution is -2.45. The number of nitrogens with zero attached hydrogens (tertiary/aromatic N) is 3. The third kappa shape index (κ3) is 3.26. The van der Waals surface area contributed by atoms with Gasteiger partial charge in [-0.25, -0.2) is 0 Å². The highest BCUT2D eigenvalue weighted by molar-refractivity contribution is 5.93. The molecule has 2 aromatic carbocycles. The molecule has 0 spiro atoms. The molecule has 3 atom stereocenters. The number of rotatable bonds is 5. The van der Waals surface area contributed by atoms with E-state index >= 15 is 0 Å². The molecule has 0 bridgehead atoms. The van der Waals surface area contributed by atoms with Crippen molar-refractivity contribution in [2.45, 2.75) is 24.9 Å². The topological polar surface area (TPSA) is 94.0 Å². The zero-order valence-electron chi connectivity index (χ0n) is 16.3. The monoisotopic (exact) mass is 399 g/mol. The second kappa shape index (κ2) is 7.56. The predicted octanol–water partition coefficient (Wildman–Crippen LogP) is 3.54. The number of para-hydroxylation sites is 2. The van der Waals surface area contributed by atoms with Crippen LogP contribution < -0.4 is 10.1 Å². The summed E-state index contributed by atoms with van der Waals surface area (Å²) in [6.07, 6.45) is 4.31. The summed E-state index contributed by atoms with van der Waals surface area (Å²) in [5, 5.41) is 19.5. The minimum atomic E-state index is -0.227. The van der Waals surface area contributed by atoms with Crippen LogP contribution in [0.3, 0.4) is 0 Å². The van der Waals surface area contributed by atoms with Gasteiger partial charge in [0, 0.05) is 24.1 Å². The van der Waals surface area contributed by atoms with Gasteiger partial charge in [0.25, 0.3) is 5.91 Å². The second-order valence-electron chi connectivity index (χ2n) is 7.72. The fourth-order valence-electron chi connectivity index (χ4n) is 4.33. The van der Waals surface area contributed by atoms with Crippen molar-refractivity contribution in [3.63, 3.8) is 0 Å². The molecule has 150 valence electrons. The molecule has 3 aromatic rings. The Morgan fingerprint density at radius 1 is 1.17 bits per heavy atom. The van der Waals surface area contributed by atoms with Crippen LogP contribution in [-0.4, -0.2) is 39.6 Å². The van der Waals surface area contributed by atoms with Crippen molar-refractivity contribution >= 4 is 5.91 Å². The Morgan fingerprint density at radius 2 is 1.97 bits per heavy atom. The number of carbonyl (C=O) groups is 1. The van der Waals surface area contributed by atoms with E-state index in [0.29, 0.717) is 29.6 Å². The summed E-state index contributed by atoms with van der Waals surface area (Å²) >= 11 is 0. The number of hydrogen-bond donors (Lipinski definition) is 2. The molecule has 30 heavy (non-hydrogen) atoms. The van der Waals surface area contributed by atoms with Gasteiger partial charge in [-0.05, 0) is 43.2 Å². The molecule has 1 aliphatic heterocycles. The molecule has 2 N–H and O–H groups in total. The number of likely N-dealkylation sites (tertiary alicyclic amines) is 1. The third-order valence-corrected chi connectivity index (χ3v) is 6.00. The minimum absolute atomic E-state index is 0.00949. The van der Waals surface area contributed by atoms with Gasteiger partial charge in [-0.3, -0.25) is 9.89 Å². The molecule has 0 radical (unpaired) electrons. The number of benzene rings is 2. The van der Waals surface area contributed by atoms with E-state index < -0.39 is 0 Å². The Kier molecular flexibility index (Phi) is 4.60. The smallest absolute Gasteiger partial charge is 0.272 e. The molecule has 2 aliphatic rings. The number of fused-ring (bicyclic) bond motifs is 1. The average molecular weight is 399 g/mol. The van der Waals surface area contributed by atoms with Crippen molar-refractivity contribution in [1.29, 1.82) is 5.26 Å². The van der Waals surface area contributed by atoms with Crippen LogP contribution in [-0.2, 0) is 0 Å². The number of carbonyl (C=O) groups excluding carboxylic acids is 1. The largest absolute Gasteiger partial charge is 0.457 e. The van der Waals surface area contributed by atoms with Crippen molar-refractivity contribution in [2.24, 2.45) is 5.92 Å². The highest BCUT2D eigenvalue weighted by Crippen LogP contribution is 2.40. The Balaban J connectivity index is 1.33. The van der Waals surface area contributed by atoms with Crippen LogP contribution in [0.25, 0.3) is 11.3 Å². The van der Waals surface area contributed by atoms with Gasteiger partial charge in [-0.15, -0.1) is 0 Å². The third-order valence-electron chi connectivity index (χ3n) is 6.00. The first-order valence-corrected chi connectivity index (χ1v) is 10.1. The molecule has 1 aliphatic carbocycles. The molecular weight excluding hydrogens is 378 g/mol. The number of hydrogen-bond acceptors (Lipinski definition) is 5. The SMILES string of the molecule is N#CN1C[C@H](NC(=O)c2cc(-c3ccccc3Oc3ccccc3)[nH]n2)[C@@H]2CC[C@@H]21. The Morgan fingerprint density at radius 3 is 2.70 bits per heavy atom. The highest BCUT2D eigenvalue weighted by atomic mass is 16.5. The van der Waals surface area contributed by atoms with Gasteiger partial charge in [-0.2, -0.15) is 10.4 Å². The maximum Gasteiger partial charge on any atom is 0.272 e. The quantitative estimate of drug-likeness (QED) is 0.640. The molecule has 5 rings (SSSR count). The average Bonchev–Trinajstić information content (AvgIpc) is 3.31. The lowest BCUT2D eigenvalue weighted by molar-refractivity contribution is 0.0911. The van der Waals surface area contributed by atoms with Gasteiger partial charge in [0.05, 0.1) is 11.7 Å². The van der Waals surface area contributed by atoms with Crippen LogP contribution in [0.15, 0.2) is 60.7 Å². The van der Waals surface area contributed by atoms with Crippen LogP contribution in [0.2, 0.25) is 0 Å². The van der Waals surface area contributed by atoms with Gasteiger partial charge < -0.3 is 15.0 Å². The second-order valence-corrected chi connectivity index (χ2v) is 7.72. The highest BCUT2D eigenvalue weighted by Gasteiger charge is 2.48. The number of aromatic nitrogens is 2. The van der Waals surface area contributed by atoms with E-state index in [1.807, 2.05) is 54.6 Å². The van der Waals surface area contributed by atoms with Crippen molar-refractivity contribution in [2.75, 3.05) is 6.54 Å². The number of ether oxygens (including phenoxy) is 1. The molecule has 7 nitrogen and oxygen atoms in total. The fourth-order valence-corrected chi connectivity index (χ4v) is 4.33. The van der Waals surface area contributed by atoms with Crippen LogP contribution in [0.4, 0.5) is 0 Å². The number of nitriles is 1. The normalized spacial score (nSPS) is 22.0. The summed E-state index contributed by atoms with van der Waals surface area (Å²) in [4.78, 5) is 14.6. The molecule has 7 heteroatoms. The molecule has 2 heterocycles. The van der Waals surface area contributed by atoms with Crippen LogP contribution in [0.5, 0.6) is 11.5 Å². The molecule has 1 aromatic heterocycles. The summed E-state index contributed by atoms with van der Waals surface area (Å²) in [7, 11) is 0. The maximum absolute atomic E-state index is 12.8. The summed E-state index contributed by atoms with van der Waals surface area (Å²) in [6.45, 7) is 0.572. The lowest BCUT2D eigenvalue weighted by Gasteiger charge is -2.34. The van der Waals surface area contributed by atoms with E-state index in [4.69, 9.17) is 4.74 Å². The fraction of sp³-hybridized carbons (Fsp3) is 0.261. The molecule has 0 unspecified atom stereocenters. The molecule has 2 fully saturated rings. The molecule has 1 amide bonds. The first kappa shape index (κ1) is 18.3. The predicted molar refractivity (Wildman–Crippen MR) is 111 cm³/mol. The summed E-state index contributed by atoms with van der Waals surface area (Å²) in [5.41, 5.74) is 1.85. The first-order chi connectivity index (χ1) is 14.7. The molecule has 1 saturated heterocycles. The van der Waals surface area contributed by atoms with E-state index in [2.05, 4.69) is 21.7 Å². The minimum Gasteiger partial charge on any atom is -0.457 e. The van der Waals surface area contributed by atoms with Crippen molar-refractivity contribution in [3.05, 3.63) is 66.4 Å². The number of aromatic amines is 1. The summed E-state index contributed by atoms with van der Waals surface area (Å²) in [6, 6.07) is 19.2. The van der Waals surface area contributed by atoms with Gasteiger partial charge in [-0.1, -0.05) is 30.3 Å². The van der Waals surface area contributed by atoms with E-state index in [1.165, 1.54) is 0 Å². The lowest BCUT2D eigenvalue weighted by atomic mass is 9.78. The first-order valence-electron chi connectivity index (χ1n) is 10.1. The van der Waals surface area contributed by atoms with E-state index in [0.717, 1.165) is 24.2 Å². The van der Waals surface area contributed by atoms with Crippen LogP contribution in [0.1, 0.15) is 23.3 Å². The Hall–Kier alpha value is -3.79. The van der Waals surface area contributed by atoms with Gasteiger partial charge in [0.2, 0.25) is 0 Å². The van der Waals surface area contributed by atoms with Crippen molar-refractivity contribution < 1.29 is 9.53 Å². The van der Waals surface area contributed by atoms with Crippen molar-refractivity contribution in [3.8, 4) is 28.9 Å². The van der Waals surface area contributed by atoms with E-state index in [9.17, 15) is 10.1 Å². The Bertz CT molecular complexity index is 1100. The zero-order valence-corrected chi connectivity index (χ0v) is 16.3. The molecular formula is C23H21N5O2. The maximum atomic E-state index is 12.8. The zero-order chi connectivity index (χ0) is 20.5. The van der Waals surface area contributed by atoms with Gasteiger partial charge >= 0.3 is 0 Å². The van der Waals surface area contributed by atoms with Crippen LogP contribution >= 0.6 is 0 Å².